The average Bonchev–Trinajstić information content (AvgIpc) is 2.40. The lowest BCUT2D eigenvalue weighted by atomic mass is 9.98. The zero-order valence-corrected chi connectivity index (χ0v) is 12.4. The third-order valence-corrected chi connectivity index (χ3v) is 3.89. The first-order valence-electron chi connectivity index (χ1n) is 6.80. The van der Waals surface area contributed by atoms with E-state index in [1.165, 1.54) is 11.3 Å². The molecule has 5 heteroatoms. The van der Waals surface area contributed by atoms with Gasteiger partial charge in [-0.05, 0) is 18.6 Å². The van der Waals surface area contributed by atoms with E-state index in [1.807, 2.05) is 0 Å². The zero-order valence-electron chi connectivity index (χ0n) is 11.6. The van der Waals surface area contributed by atoms with E-state index in [-0.39, 0.29) is 12.4 Å². The van der Waals surface area contributed by atoms with E-state index in [9.17, 15) is 0 Å². The lowest BCUT2D eigenvalue weighted by Crippen LogP contribution is -2.44. The van der Waals surface area contributed by atoms with Crippen molar-refractivity contribution < 1.29 is 4.74 Å². The van der Waals surface area contributed by atoms with E-state index in [0.717, 1.165) is 38.7 Å². The van der Waals surface area contributed by atoms with Gasteiger partial charge in [0.15, 0.2) is 0 Å². The third-order valence-electron chi connectivity index (χ3n) is 3.89. The molecule has 0 bridgehead atoms. The molecule has 1 N–H and O–H groups in total. The average molecular weight is 284 g/mol. The van der Waals surface area contributed by atoms with Gasteiger partial charge in [-0.2, -0.15) is 0 Å². The van der Waals surface area contributed by atoms with Gasteiger partial charge >= 0.3 is 0 Å². The van der Waals surface area contributed by atoms with Crippen LogP contribution in [0.4, 0.5) is 5.82 Å². The first-order valence-corrected chi connectivity index (χ1v) is 6.80. The number of nitrogens with zero attached hydrogens (tertiary/aromatic N) is 2. The molecule has 106 valence electrons. The molecule has 3 heterocycles. The van der Waals surface area contributed by atoms with Crippen LogP contribution >= 0.6 is 12.4 Å². The van der Waals surface area contributed by atoms with Gasteiger partial charge in [0.1, 0.15) is 5.82 Å². The Morgan fingerprint density at radius 3 is 3.00 bits per heavy atom. The van der Waals surface area contributed by atoms with Gasteiger partial charge in [0, 0.05) is 25.6 Å². The second-order valence-electron chi connectivity index (χ2n) is 5.36. The van der Waals surface area contributed by atoms with Crippen LogP contribution in [0.15, 0.2) is 12.1 Å². The third kappa shape index (κ3) is 2.86. The van der Waals surface area contributed by atoms with E-state index in [2.05, 4.69) is 36.2 Å². The summed E-state index contributed by atoms with van der Waals surface area (Å²) in [5.41, 5.74) is 2.61. The number of ether oxygens (including phenoxy) is 1. The van der Waals surface area contributed by atoms with E-state index < -0.39 is 0 Å². The summed E-state index contributed by atoms with van der Waals surface area (Å²) >= 11 is 0. The quantitative estimate of drug-likeness (QED) is 0.855. The van der Waals surface area contributed by atoms with Gasteiger partial charge in [0.25, 0.3) is 0 Å². The molecule has 2 aliphatic heterocycles. The fourth-order valence-corrected chi connectivity index (χ4v) is 2.82. The van der Waals surface area contributed by atoms with Crippen molar-refractivity contribution in [3.63, 3.8) is 0 Å². The molecule has 1 fully saturated rings. The summed E-state index contributed by atoms with van der Waals surface area (Å²) in [7, 11) is 0. The van der Waals surface area contributed by atoms with Crippen molar-refractivity contribution in [1.82, 2.24) is 10.3 Å². The van der Waals surface area contributed by atoms with E-state index >= 15 is 0 Å². The molecule has 0 unspecified atom stereocenters. The molecule has 3 rings (SSSR count). The summed E-state index contributed by atoms with van der Waals surface area (Å²) in [4.78, 5) is 7.26. The molecule has 2 aliphatic rings. The number of nitrogens with one attached hydrogen (secondary N) is 1. The second kappa shape index (κ2) is 6.07. The molecular formula is C14H22ClN3O. The number of pyridine rings is 1. The maximum absolute atomic E-state index is 5.49. The highest BCUT2D eigenvalue weighted by Crippen LogP contribution is 2.26. The number of anilines is 1. The minimum atomic E-state index is 0. The molecule has 4 nitrogen and oxygen atoms in total. The zero-order chi connectivity index (χ0) is 12.5. The molecule has 19 heavy (non-hydrogen) atoms. The molecule has 0 aromatic carbocycles. The van der Waals surface area contributed by atoms with Gasteiger partial charge in [-0.3, -0.25) is 0 Å². The summed E-state index contributed by atoms with van der Waals surface area (Å²) in [6.45, 7) is 8.97. The van der Waals surface area contributed by atoms with Crippen LogP contribution in [0.1, 0.15) is 31.0 Å². The molecule has 0 aliphatic carbocycles. The molecule has 0 saturated carbocycles. The van der Waals surface area contributed by atoms with Gasteiger partial charge in [-0.15, -0.1) is 12.4 Å². The normalized spacial score (nSPS) is 26.5. The number of fused-ring (bicyclic) bond motifs is 1. The van der Waals surface area contributed by atoms with Gasteiger partial charge in [-0.25, -0.2) is 4.98 Å². The van der Waals surface area contributed by atoms with Crippen LogP contribution < -0.4 is 10.2 Å². The maximum Gasteiger partial charge on any atom is 0.129 e. The lowest BCUT2D eigenvalue weighted by molar-refractivity contribution is 0.0985. The molecule has 0 radical (unpaired) electrons. The minimum absolute atomic E-state index is 0. The van der Waals surface area contributed by atoms with Crippen LogP contribution in [0.2, 0.25) is 0 Å². The van der Waals surface area contributed by atoms with Crippen molar-refractivity contribution >= 4 is 18.2 Å². The number of aromatic nitrogens is 1. The first-order chi connectivity index (χ1) is 8.75. The summed E-state index contributed by atoms with van der Waals surface area (Å²) < 4.78 is 5.49. The van der Waals surface area contributed by atoms with Crippen LogP contribution in [-0.4, -0.2) is 37.3 Å². The summed E-state index contributed by atoms with van der Waals surface area (Å²) in [5, 5.41) is 3.42. The highest BCUT2D eigenvalue weighted by molar-refractivity contribution is 5.85. The van der Waals surface area contributed by atoms with Crippen molar-refractivity contribution in [2.75, 3.05) is 31.2 Å². The molecular weight excluding hydrogens is 262 g/mol. The number of halogens is 1. The Bertz CT molecular complexity index is 441. The smallest absolute Gasteiger partial charge is 0.129 e. The predicted octanol–water partition coefficient (Wildman–Crippen LogP) is 1.94. The second-order valence-corrected chi connectivity index (χ2v) is 5.36. The van der Waals surface area contributed by atoms with E-state index in [0.29, 0.717) is 12.0 Å². The minimum Gasteiger partial charge on any atom is -0.377 e. The largest absolute Gasteiger partial charge is 0.377 e. The Hall–Kier alpha value is -0.840. The summed E-state index contributed by atoms with van der Waals surface area (Å²) in [6, 6.07) is 4.80. The Balaban J connectivity index is 0.00000133. The number of hydrogen-bond acceptors (Lipinski definition) is 4. The van der Waals surface area contributed by atoms with Crippen LogP contribution in [0.3, 0.4) is 0 Å². The van der Waals surface area contributed by atoms with Gasteiger partial charge < -0.3 is 15.0 Å². The number of morpholine rings is 1. The molecule has 1 aromatic heterocycles. The van der Waals surface area contributed by atoms with Gasteiger partial charge in [0.05, 0.1) is 24.9 Å². The van der Waals surface area contributed by atoms with Crippen molar-refractivity contribution in [2.45, 2.75) is 32.4 Å². The van der Waals surface area contributed by atoms with Gasteiger partial charge in [0.2, 0.25) is 0 Å². The lowest BCUT2D eigenvalue weighted by Gasteiger charge is -2.35. The molecule has 0 amide bonds. The number of hydrogen-bond donors (Lipinski definition) is 1. The summed E-state index contributed by atoms with van der Waals surface area (Å²) in [6.07, 6.45) is 0. The van der Waals surface area contributed by atoms with Crippen LogP contribution in [0.5, 0.6) is 0 Å². The molecule has 1 aromatic rings. The predicted molar refractivity (Wildman–Crippen MR) is 79.2 cm³/mol. The van der Waals surface area contributed by atoms with Crippen LogP contribution in [0.25, 0.3) is 0 Å². The van der Waals surface area contributed by atoms with Crippen molar-refractivity contribution in [1.29, 1.82) is 0 Å². The SMILES string of the molecule is C[C@@H]1CNCc2ccc(N3CCOC[C@H]3C)nc21.Cl. The highest BCUT2D eigenvalue weighted by atomic mass is 35.5. The topological polar surface area (TPSA) is 37.4 Å². The van der Waals surface area contributed by atoms with E-state index in [1.54, 1.807) is 0 Å². The Labute approximate surface area is 121 Å². The fraction of sp³-hybridized carbons (Fsp3) is 0.643. The molecule has 0 spiro atoms. The van der Waals surface area contributed by atoms with Gasteiger partial charge in [-0.1, -0.05) is 13.0 Å². The van der Waals surface area contributed by atoms with E-state index in [4.69, 9.17) is 9.72 Å². The Morgan fingerprint density at radius 1 is 1.37 bits per heavy atom. The first kappa shape index (κ1) is 14.6. The summed E-state index contributed by atoms with van der Waals surface area (Å²) in [5.74, 6) is 1.61. The Morgan fingerprint density at radius 2 is 2.21 bits per heavy atom. The number of rotatable bonds is 1. The van der Waals surface area contributed by atoms with Crippen molar-refractivity contribution in [3.8, 4) is 0 Å². The molecule has 1 saturated heterocycles. The highest BCUT2D eigenvalue weighted by Gasteiger charge is 2.23. The Kier molecular flexibility index (Phi) is 4.66. The van der Waals surface area contributed by atoms with Crippen LogP contribution in [0, 0.1) is 0 Å². The van der Waals surface area contributed by atoms with Crippen LogP contribution in [-0.2, 0) is 11.3 Å². The molecule has 2 atom stereocenters. The van der Waals surface area contributed by atoms with Crippen molar-refractivity contribution in [2.24, 2.45) is 0 Å². The monoisotopic (exact) mass is 283 g/mol. The maximum atomic E-state index is 5.49. The van der Waals surface area contributed by atoms with Crippen molar-refractivity contribution in [3.05, 3.63) is 23.4 Å². The fourth-order valence-electron chi connectivity index (χ4n) is 2.82. The standard InChI is InChI=1S/C14H21N3O.ClH/c1-10-7-15-8-12-3-4-13(16-14(10)12)17-5-6-18-9-11(17)2;/h3-4,10-11,15H,5-9H2,1-2H3;1H/t10-,11-;/m1./s1.